The summed E-state index contributed by atoms with van der Waals surface area (Å²) in [6, 6.07) is 21.0. The average molecular weight is 681 g/mol. The lowest BCUT2D eigenvalue weighted by Gasteiger charge is -2.32. The molecule has 0 spiro atoms. The van der Waals surface area contributed by atoms with Crippen LogP contribution in [-0.4, -0.2) is 11.6 Å². The van der Waals surface area contributed by atoms with Crippen LogP contribution in [0.3, 0.4) is 0 Å². The molecular weight excluding hydrogens is 625 g/mol. The highest BCUT2D eigenvalue weighted by Crippen LogP contribution is 2.45. The summed E-state index contributed by atoms with van der Waals surface area (Å²) >= 11 is 0. The Hall–Kier alpha value is -4.50. The summed E-state index contributed by atoms with van der Waals surface area (Å²) in [7, 11) is 0. The number of hydrogen-bond donors (Lipinski definition) is 0. The normalized spacial score (nSPS) is 16.1. The van der Waals surface area contributed by atoms with Gasteiger partial charge in [0.25, 0.3) is 0 Å². The van der Waals surface area contributed by atoms with Crippen molar-refractivity contribution in [1.29, 1.82) is 0 Å². The molecule has 0 amide bonds. The topological polar surface area (TPSA) is 47.3 Å². The number of allylic oxidation sites excluding steroid dienone is 10. The fraction of sp³-hybridized carbons (Fsp3) is 0.375. The van der Waals surface area contributed by atoms with Crippen LogP contribution in [0.5, 0.6) is 0 Å². The third kappa shape index (κ3) is 7.88. The molecule has 0 N–H and O–H groups in total. The zero-order chi connectivity index (χ0) is 37.8. The quantitative estimate of drug-likeness (QED) is 0.275. The molecule has 0 aliphatic heterocycles. The Morgan fingerprint density at radius 3 is 1.00 bits per heavy atom. The molecule has 51 heavy (non-hydrogen) atoms. The highest BCUT2D eigenvalue weighted by molar-refractivity contribution is 6.13. The summed E-state index contributed by atoms with van der Waals surface area (Å²) in [5.41, 5.74) is 9.83. The van der Waals surface area contributed by atoms with Gasteiger partial charge < -0.3 is 4.42 Å². The van der Waals surface area contributed by atoms with E-state index in [2.05, 4.69) is 182 Å². The molecular formula is C48H56O3. The molecule has 1 heterocycles. The summed E-state index contributed by atoms with van der Waals surface area (Å²) < 4.78 is 7.04. The molecule has 0 bridgehead atoms. The second kappa shape index (κ2) is 13.2. The molecule has 0 unspecified atom stereocenters. The van der Waals surface area contributed by atoms with Crippen molar-refractivity contribution in [2.24, 2.45) is 21.7 Å². The number of rotatable bonds is 4. The molecule has 2 aliphatic rings. The van der Waals surface area contributed by atoms with Gasteiger partial charge in [-0.05, 0) is 94.2 Å². The fourth-order valence-corrected chi connectivity index (χ4v) is 6.88. The molecule has 0 atom stereocenters. The molecule has 0 saturated carbocycles. The van der Waals surface area contributed by atoms with E-state index >= 15 is 0 Å². The smallest absolute Gasteiger partial charge is 0.186 e. The maximum Gasteiger partial charge on any atom is 0.186 e. The maximum absolute atomic E-state index is 14.0. The van der Waals surface area contributed by atoms with Gasteiger partial charge in [0.1, 0.15) is 11.5 Å². The largest absolute Gasteiger partial charge is 0.456 e. The standard InChI is InChI=1S/C48H56O3/c1-29-17-15-19-31(23-29)41(33-25-35(45(3,4)5)43(49)36(26-33)46(6,7)8)39-21-22-40(51-39)42(32-20-16-18-30(2)24-32)34-27-37(47(9,10)11)44(50)38(28-34)48(12,13)14/h15-28H,1-14H3. The van der Waals surface area contributed by atoms with Gasteiger partial charge >= 0.3 is 0 Å². The number of carbonyl (C=O) groups is 2. The van der Waals surface area contributed by atoms with Crippen LogP contribution in [0.2, 0.25) is 0 Å². The monoisotopic (exact) mass is 680 g/mol. The number of Topliss-reactive ketones (excluding diaryl/α,β-unsaturated/α-hetero) is 2. The molecule has 0 radical (unpaired) electrons. The second-order valence-corrected chi connectivity index (χ2v) is 18.5. The van der Waals surface area contributed by atoms with Gasteiger partial charge in [-0.15, -0.1) is 0 Å². The van der Waals surface area contributed by atoms with Gasteiger partial charge in [0, 0.05) is 33.4 Å². The van der Waals surface area contributed by atoms with E-state index in [1.807, 2.05) is 0 Å². The number of benzene rings is 2. The molecule has 3 heteroatoms. The van der Waals surface area contributed by atoms with E-state index in [1.165, 1.54) is 0 Å². The third-order valence-corrected chi connectivity index (χ3v) is 9.70. The summed E-state index contributed by atoms with van der Waals surface area (Å²) in [4.78, 5) is 27.9. The average Bonchev–Trinajstić information content (AvgIpc) is 3.45. The first kappa shape index (κ1) is 37.7. The van der Waals surface area contributed by atoms with Crippen molar-refractivity contribution >= 4 is 22.7 Å². The Morgan fingerprint density at radius 1 is 0.451 bits per heavy atom. The minimum Gasteiger partial charge on any atom is -0.456 e. The summed E-state index contributed by atoms with van der Waals surface area (Å²) in [5, 5.41) is 0. The van der Waals surface area contributed by atoms with Crippen LogP contribution in [-0.2, 0) is 9.59 Å². The van der Waals surface area contributed by atoms with Gasteiger partial charge in [-0.3, -0.25) is 9.59 Å². The highest BCUT2D eigenvalue weighted by Gasteiger charge is 2.37. The molecule has 0 fully saturated rings. The van der Waals surface area contributed by atoms with Crippen molar-refractivity contribution in [3.8, 4) is 0 Å². The van der Waals surface area contributed by atoms with Gasteiger partial charge in [0.05, 0.1) is 0 Å². The van der Waals surface area contributed by atoms with Crippen molar-refractivity contribution in [1.82, 2.24) is 0 Å². The second-order valence-electron chi connectivity index (χ2n) is 18.5. The number of carbonyl (C=O) groups excluding carboxylic acids is 2. The molecule has 5 rings (SSSR count). The van der Waals surface area contributed by atoms with Crippen LogP contribution < -0.4 is 0 Å². The van der Waals surface area contributed by atoms with Gasteiger partial charge in [-0.25, -0.2) is 0 Å². The summed E-state index contributed by atoms with van der Waals surface area (Å²) in [6.45, 7) is 29.4. The van der Waals surface area contributed by atoms with Crippen LogP contribution >= 0.6 is 0 Å². The Balaban J connectivity index is 1.88. The minimum atomic E-state index is -0.353. The summed E-state index contributed by atoms with van der Waals surface area (Å²) in [6.07, 6.45) is 8.28. The Bertz CT molecular complexity index is 1880. The van der Waals surface area contributed by atoms with Crippen molar-refractivity contribution < 1.29 is 14.0 Å². The van der Waals surface area contributed by atoms with E-state index in [0.717, 1.165) is 66.8 Å². The Labute approximate surface area is 306 Å². The maximum atomic E-state index is 14.0. The predicted octanol–water partition coefficient (Wildman–Crippen LogP) is 12.6. The first-order valence-electron chi connectivity index (χ1n) is 18.2. The lowest BCUT2D eigenvalue weighted by atomic mass is 9.71. The van der Waals surface area contributed by atoms with E-state index in [4.69, 9.17) is 4.42 Å². The van der Waals surface area contributed by atoms with E-state index < -0.39 is 0 Å². The SMILES string of the molecule is Cc1cccc(C(=C2C=C(C(C)(C)C)C(=O)C(C(C)(C)C)=C2)c2ccc(C(=C3C=C(C(C)(C)C)C(=O)C(C(C)(C)C)=C3)c3cccc(C)c3)o2)c1. The fourth-order valence-electron chi connectivity index (χ4n) is 6.88. The van der Waals surface area contributed by atoms with Crippen molar-refractivity contribution in [3.05, 3.63) is 152 Å². The van der Waals surface area contributed by atoms with Gasteiger partial charge in [0.2, 0.25) is 0 Å². The van der Waals surface area contributed by atoms with Gasteiger partial charge in [-0.2, -0.15) is 0 Å². The number of aryl methyl sites for hydroxylation is 2. The molecule has 2 aliphatic carbocycles. The lowest BCUT2D eigenvalue weighted by molar-refractivity contribution is -0.114. The Kier molecular flexibility index (Phi) is 9.80. The zero-order valence-electron chi connectivity index (χ0n) is 33.3. The zero-order valence-corrected chi connectivity index (χ0v) is 33.3. The lowest BCUT2D eigenvalue weighted by Crippen LogP contribution is -2.28. The minimum absolute atomic E-state index is 0.101. The molecule has 1 aromatic heterocycles. The van der Waals surface area contributed by atoms with Crippen LogP contribution in [0.25, 0.3) is 11.1 Å². The number of hydrogen-bond acceptors (Lipinski definition) is 3. The van der Waals surface area contributed by atoms with E-state index in [9.17, 15) is 9.59 Å². The third-order valence-electron chi connectivity index (χ3n) is 9.70. The molecule has 2 aromatic carbocycles. The van der Waals surface area contributed by atoms with Crippen molar-refractivity contribution in [3.63, 3.8) is 0 Å². The summed E-state index contributed by atoms with van der Waals surface area (Å²) in [5.74, 6) is 1.63. The Morgan fingerprint density at radius 2 is 0.745 bits per heavy atom. The van der Waals surface area contributed by atoms with E-state index in [-0.39, 0.29) is 33.2 Å². The van der Waals surface area contributed by atoms with E-state index in [0.29, 0.717) is 11.5 Å². The van der Waals surface area contributed by atoms with Crippen molar-refractivity contribution in [2.45, 2.75) is 96.9 Å². The highest BCUT2D eigenvalue weighted by atomic mass is 16.3. The van der Waals surface area contributed by atoms with Crippen LogP contribution in [0.1, 0.15) is 117 Å². The van der Waals surface area contributed by atoms with Crippen LogP contribution in [0.4, 0.5) is 0 Å². The molecule has 3 nitrogen and oxygen atoms in total. The molecule has 266 valence electrons. The van der Waals surface area contributed by atoms with E-state index in [1.54, 1.807) is 0 Å². The first-order valence-corrected chi connectivity index (χ1v) is 18.2. The molecule has 0 saturated heterocycles. The van der Waals surface area contributed by atoms with Gasteiger partial charge in [-0.1, -0.05) is 143 Å². The first-order chi connectivity index (χ1) is 23.5. The van der Waals surface area contributed by atoms with Crippen molar-refractivity contribution in [2.75, 3.05) is 0 Å². The van der Waals surface area contributed by atoms with Gasteiger partial charge in [0.15, 0.2) is 11.6 Å². The predicted molar refractivity (Wildman–Crippen MR) is 213 cm³/mol. The number of furan rings is 1. The van der Waals surface area contributed by atoms with Crippen LogP contribution in [0.15, 0.2) is 123 Å². The number of ketones is 2. The van der Waals surface area contributed by atoms with Crippen LogP contribution in [0, 0.1) is 35.5 Å². The molecule has 3 aromatic rings.